The van der Waals surface area contributed by atoms with E-state index < -0.39 is 84.9 Å². The Balaban J connectivity index is 1.57. The number of allylic oxidation sites excluding steroid dienone is 3. The predicted molar refractivity (Wildman–Crippen MR) is 114 cm³/mol. The van der Waals surface area contributed by atoms with Gasteiger partial charge in [0, 0.05) is 26.3 Å². The van der Waals surface area contributed by atoms with Gasteiger partial charge < -0.3 is 24.8 Å². The highest BCUT2D eigenvalue weighted by atomic mass is 16.7. The van der Waals surface area contributed by atoms with Gasteiger partial charge in [-0.2, -0.15) is 0 Å². The van der Waals surface area contributed by atoms with E-state index in [4.69, 9.17) is 19.1 Å². The number of ketones is 2. The second kappa shape index (κ2) is 7.31. The number of aliphatic hydroxyl groups excluding tert-OH is 3. The number of hydrogen-bond acceptors (Lipinski definition) is 7. The summed E-state index contributed by atoms with van der Waals surface area (Å²) in [6, 6.07) is 0. The van der Waals surface area contributed by atoms with Crippen LogP contribution >= 0.6 is 0 Å². The van der Waals surface area contributed by atoms with Gasteiger partial charge in [0.25, 0.3) is 0 Å². The lowest BCUT2D eigenvalue weighted by atomic mass is 9.45. The minimum Gasteiger partial charge on any atom is -0.393 e. The Morgan fingerprint density at radius 2 is 2.12 bits per heavy atom. The number of fused-ring (bicyclic) bond motifs is 7. The molecule has 3 saturated carbocycles. The minimum absolute atomic E-state index is 0.0208. The first-order chi connectivity index (χ1) is 17.8. The van der Waals surface area contributed by atoms with Crippen molar-refractivity contribution in [3.8, 4) is 0 Å². The zero-order valence-electron chi connectivity index (χ0n) is 25.1. The van der Waals surface area contributed by atoms with Gasteiger partial charge in [0.15, 0.2) is 23.5 Å². The first kappa shape index (κ1) is 15.5. The molecule has 7 heteroatoms. The number of aliphatic hydroxyl groups is 3. The fraction of sp³-hybridized carbons (Fsp3) is 0.760. The molecule has 1 saturated heterocycles. The quantitative estimate of drug-likeness (QED) is 0.594. The van der Waals surface area contributed by atoms with Crippen LogP contribution in [0.1, 0.15) is 62.3 Å². The van der Waals surface area contributed by atoms with Gasteiger partial charge >= 0.3 is 0 Å². The molecule has 1 unspecified atom stereocenters. The van der Waals surface area contributed by atoms with Crippen LogP contribution in [0.5, 0.6) is 0 Å². The highest BCUT2D eigenvalue weighted by molar-refractivity contribution is 6.01. The first-order valence-corrected chi connectivity index (χ1v) is 11.1. The molecule has 5 rings (SSSR count). The van der Waals surface area contributed by atoms with Crippen LogP contribution in [-0.4, -0.2) is 63.7 Å². The van der Waals surface area contributed by atoms with Crippen molar-refractivity contribution in [3.63, 3.8) is 0 Å². The Morgan fingerprint density at radius 1 is 1.34 bits per heavy atom. The van der Waals surface area contributed by atoms with Gasteiger partial charge in [-0.25, -0.2) is 0 Å². The molecule has 0 aromatic rings. The van der Waals surface area contributed by atoms with Crippen LogP contribution in [0.3, 0.4) is 0 Å². The molecule has 7 nitrogen and oxygen atoms in total. The average molecular weight is 454 g/mol. The van der Waals surface area contributed by atoms with Gasteiger partial charge in [-0.1, -0.05) is 33.1 Å². The van der Waals surface area contributed by atoms with Gasteiger partial charge in [0.2, 0.25) is 0 Å². The van der Waals surface area contributed by atoms with E-state index in [1.54, 1.807) is 13.0 Å². The number of ether oxygens (including phenoxy) is 2. The van der Waals surface area contributed by atoms with E-state index in [-0.39, 0.29) is 31.0 Å². The Labute approximate surface area is 198 Å². The van der Waals surface area contributed by atoms with Crippen molar-refractivity contribution in [2.75, 3.05) is 6.61 Å². The summed E-state index contributed by atoms with van der Waals surface area (Å²) < 4.78 is 67.3. The van der Waals surface area contributed by atoms with Crippen LogP contribution < -0.4 is 0 Å². The minimum atomic E-state index is -3.40. The molecule has 0 aromatic heterocycles. The molecule has 1 heterocycles. The maximum Gasteiger partial charge on any atom is 0.193 e. The largest absolute Gasteiger partial charge is 0.393 e. The van der Waals surface area contributed by atoms with Crippen molar-refractivity contribution in [2.45, 2.75) is 82.9 Å². The SMILES string of the molecule is [2H]C([2H])([2H])C([2H])([2H])C([2H])([2H])C1O[C@@H]2C[C@H]3[C@@H]4C[C@@H](O)C5=CC(=O)C=C[C@]5(C)[C@H]4[C@@H](O)C[C@]3(C)[C@]2(C(=O)CO)O1. The van der Waals surface area contributed by atoms with E-state index in [1.807, 2.05) is 6.92 Å². The first-order valence-electron chi connectivity index (χ1n) is 14.6. The van der Waals surface area contributed by atoms with E-state index in [2.05, 4.69) is 0 Å². The lowest BCUT2D eigenvalue weighted by Gasteiger charge is -2.60. The molecule has 5 aliphatic rings. The standard InChI is InChI=1S/C25H34O7/c1-4-5-21-31-20-10-15-14-9-17(28)16-8-13(27)6-7-23(16,2)22(14)18(29)11-24(15,3)25(20,32-21)19(30)12-26/h6-8,14-15,17-18,20-22,26,28-29H,4-5,9-12H2,1-3H3/t14-,15-,17+,18-,20+,21?,22+,23-,24-,25+/m0/s1/i1D3,4D2,5D2. The summed E-state index contributed by atoms with van der Waals surface area (Å²) in [6.07, 6.45) is -7.07. The Kier molecular flexibility index (Phi) is 3.54. The lowest BCUT2D eigenvalue weighted by Crippen LogP contribution is -2.64. The number of carbonyl (C=O) groups excluding carboxylic acids is 2. The summed E-state index contributed by atoms with van der Waals surface area (Å²) in [4.78, 5) is 25.6. The van der Waals surface area contributed by atoms with Crippen molar-refractivity contribution in [1.82, 2.24) is 0 Å². The molecule has 4 fully saturated rings. The van der Waals surface area contributed by atoms with Crippen molar-refractivity contribution in [1.29, 1.82) is 0 Å². The molecular weight excluding hydrogens is 412 g/mol. The molecule has 32 heavy (non-hydrogen) atoms. The zero-order valence-corrected chi connectivity index (χ0v) is 18.1. The third kappa shape index (κ3) is 2.66. The van der Waals surface area contributed by atoms with Crippen LogP contribution in [0.4, 0.5) is 0 Å². The van der Waals surface area contributed by atoms with E-state index in [9.17, 15) is 24.9 Å². The lowest BCUT2D eigenvalue weighted by molar-refractivity contribution is -0.203. The normalized spacial score (nSPS) is 56.0. The van der Waals surface area contributed by atoms with Crippen molar-refractivity contribution in [2.24, 2.45) is 28.6 Å². The van der Waals surface area contributed by atoms with Gasteiger partial charge in [0.05, 0.1) is 18.3 Å². The maximum atomic E-state index is 13.5. The summed E-state index contributed by atoms with van der Waals surface area (Å²) in [5.74, 6) is -2.29. The Hall–Kier alpha value is -1.38. The summed E-state index contributed by atoms with van der Waals surface area (Å²) in [5, 5.41) is 32.7. The van der Waals surface area contributed by atoms with E-state index >= 15 is 0 Å². The zero-order chi connectivity index (χ0) is 29.1. The van der Waals surface area contributed by atoms with Crippen molar-refractivity contribution in [3.05, 3.63) is 23.8 Å². The number of carbonyl (C=O) groups is 2. The highest BCUT2D eigenvalue weighted by Gasteiger charge is 2.76. The molecule has 4 aliphatic carbocycles. The van der Waals surface area contributed by atoms with Crippen molar-refractivity contribution < 1.29 is 44.0 Å². The van der Waals surface area contributed by atoms with Gasteiger partial charge in [0.1, 0.15) is 6.61 Å². The fourth-order valence-electron chi connectivity index (χ4n) is 7.87. The van der Waals surface area contributed by atoms with Crippen LogP contribution in [0, 0.1) is 28.6 Å². The smallest absolute Gasteiger partial charge is 0.193 e. The van der Waals surface area contributed by atoms with Gasteiger partial charge in [-0.3, -0.25) is 9.59 Å². The molecule has 0 aromatic carbocycles. The molecule has 0 amide bonds. The highest BCUT2D eigenvalue weighted by Crippen LogP contribution is 2.69. The molecule has 176 valence electrons. The van der Waals surface area contributed by atoms with E-state index in [0.717, 1.165) is 0 Å². The summed E-state index contributed by atoms with van der Waals surface area (Å²) in [7, 11) is 0. The molecular formula is C25H34O7. The summed E-state index contributed by atoms with van der Waals surface area (Å²) in [5.41, 5.74) is -3.53. The summed E-state index contributed by atoms with van der Waals surface area (Å²) in [6.45, 7) is -0.826. The molecule has 0 bridgehead atoms. The van der Waals surface area contributed by atoms with Crippen LogP contribution in [0.25, 0.3) is 0 Å². The molecule has 0 radical (unpaired) electrons. The van der Waals surface area contributed by atoms with Crippen molar-refractivity contribution >= 4 is 11.6 Å². The third-order valence-corrected chi connectivity index (χ3v) is 9.00. The molecule has 0 spiro atoms. The topological polar surface area (TPSA) is 113 Å². The van der Waals surface area contributed by atoms with Crippen LogP contribution in [-0.2, 0) is 19.1 Å². The number of hydrogen-bond donors (Lipinski definition) is 3. The molecule has 3 N–H and O–H groups in total. The fourth-order valence-corrected chi connectivity index (χ4v) is 7.87. The second-order valence-electron chi connectivity index (χ2n) is 10.3. The maximum absolute atomic E-state index is 13.5. The summed E-state index contributed by atoms with van der Waals surface area (Å²) >= 11 is 0. The monoisotopic (exact) mass is 453 g/mol. The van der Waals surface area contributed by atoms with Crippen LogP contribution in [0.15, 0.2) is 23.8 Å². The van der Waals surface area contributed by atoms with Gasteiger partial charge in [-0.15, -0.1) is 0 Å². The second-order valence-corrected chi connectivity index (χ2v) is 10.3. The van der Waals surface area contributed by atoms with E-state index in [1.165, 1.54) is 12.2 Å². The number of Topliss-reactive ketones (excluding diaryl/α,β-unsaturated/α-hetero) is 1. The number of rotatable bonds is 4. The average Bonchev–Trinajstić information content (AvgIpc) is 3.32. The van der Waals surface area contributed by atoms with E-state index in [0.29, 0.717) is 5.57 Å². The Bertz CT molecular complexity index is 1150. The molecule has 10 atom stereocenters. The predicted octanol–water partition coefficient (Wildman–Crippen LogP) is 1.69. The van der Waals surface area contributed by atoms with Crippen LogP contribution in [0.2, 0.25) is 0 Å². The third-order valence-electron chi connectivity index (χ3n) is 9.00. The molecule has 1 aliphatic heterocycles. The van der Waals surface area contributed by atoms with Gasteiger partial charge in [-0.05, 0) is 55.2 Å². The Morgan fingerprint density at radius 3 is 2.84 bits per heavy atom.